The maximum atomic E-state index is 12.5. The largest absolute Gasteiger partial charge is 0.339 e. The lowest BCUT2D eigenvalue weighted by molar-refractivity contribution is -0.130. The number of amides is 2. The van der Waals surface area contributed by atoms with Crippen LogP contribution < -0.4 is 5.32 Å². The molecule has 130 valence electrons. The first-order valence-corrected chi connectivity index (χ1v) is 9.35. The van der Waals surface area contributed by atoms with Gasteiger partial charge < -0.3 is 10.2 Å². The maximum absolute atomic E-state index is 12.5. The smallest absolute Gasteiger partial charge is 0.229 e. The molecular weight excluding hydrogens is 347 g/mol. The molecule has 4 nitrogen and oxygen atoms in total. The van der Waals surface area contributed by atoms with E-state index in [2.05, 4.69) is 5.32 Å². The van der Waals surface area contributed by atoms with Gasteiger partial charge in [0.25, 0.3) is 0 Å². The second-order valence-corrected chi connectivity index (χ2v) is 7.61. The van der Waals surface area contributed by atoms with Crippen molar-refractivity contribution in [2.75, 3.05) is 11.9 Å². The van der Waals surface area contributed by atoms with Crippen LogP contribution in [0.1, 0.15) is 44.9 Å². The number of hydrogen-bond donors (Lipinski definition) is 1. The van der Waals surface area contributed by atoms with E-state index in [1.165, 1.54) is 25.7 Å². The number of rotatable bonds is 3. The van der Waals surface area contributed by atoms with Gasteiger partial charge in [0, 0.05) is 34.7 Å². The molecule has 2 amide bonds. The predicted molar refractivity (Wildman–Crippen MR) is 96.4 cm³/mol. The van der Waals surface area contributed by atoms with Crippen molar-refractivity contribution in [2.45, 2.75) is 51.0 Å². The monoisotopic (exact) mass is 368 g/mol. The highest BCUT2D eigenvalue weighted by atomic mass is 35.5. The number of hydrogen-bond acceptors (Lipinski definition) is 2. The highest BCUT2D eigenvalue weighted by Crippen LogP contribution is 2.29. The zero-order valence-corrected chi connectivity index (χ0v) is 15.1. The van der Waals surface area contributed by atoms with Crippen LogP contribution in [0.15, 0.2) is 18.2 Å². The normalized spacial score (nSPS) is 22.5. The van der Waals surface area contributed by atoms with E-state index in [-0.39, 0.29) is 24.2 Å². The Morgan fingerprint density at radius 3 is 2.29 bits per heavy atom. The summed E-state index contributed by atoms with van der Waals surface area (Å²) in [7, 11) is 0. The number of nitrogens with zero attached hydrogens (tertiary/aromatic N) is 1. The SMILES string of the molecule is O=C(Nc1cc(Cl)cc(Cl)c1)C1CC(=O)N(C2CCCCCC2)C1. The van der Waals surface area contributed by atoms with E-state index in [1.807, 2.05) is 4.90 Å². The number of halogens is 2. The fraction of sp³-hybridized carbons (Fsp3) is 0.556. The van der Waals surface area contributed by atoms with E-state index < -0.39 is 0 Å². The van der Waals surface area contributed by atoms with Gasteiger partial charge in [-0.25, -0.2) is 0 Å². The summed E-state index contributed by atoms with van der Waals surface area (Å²) in [5, 5.41) is 3.78. The number of carbonyl (C=O) groups excluding carboxylic acids is 2. The molecule has 1 unspecified atom stereocenters. The Kier molecular flexibility index (Phi) is 5.67. The van der Waals surface area contributed by atoms with E-state index in [9.17, 15) is 9.59 Å². The molecule has 0 bridgehead atoms. The molecule has 1 N–H and O–H groups in total. The third-order valence-corrected chi connectivity index (χ3v) is 5.36. The molecule has 3 rings (SSSR count). The van der Waals surface area contributed by atoms with Crippen molar-refractivity contribution in [1.82, 2.24) is 4.90 Å². The van der Waals surface area contributed by atoms with Crippen LogP contribution in [0.3, 0.4) is 0 Å². The first kappa shape index (κ1) is 17.6. The van der Waals surface area contributed by atoms with Crippen molar-refractivity contribution in [3.8, 4) is 0 Å². The van der Waals surface area contributed by atoms with Gasteiger partial charge in [-0.05, 0) is 31.0 Å². The average molecular weight is 369 g/mol. The van der Waals surface area contributed by atoms with Gasteiger partial charge in [0.1, 0.15) is 0 Å². The molecule has 1 aliphatic carbocycles. The van der Waals surface area contributed by atoms with Crippen LogP contribution in [-0.2, 0) is 9.59 Å². The Labute approximate surface area is 152 Å². The minimum absolute atomic E-state index is 0.103. The van der Waals surface area contributed by atoms with E-state index in [1.54, 1.807) is 18.2 Å². The Morgan fingerprint density at radius 1 is 1.04 bits per heavy atom. The van der Waals surface area contributed by atoms with Crippen molar-refractivity contribution in [3.63, 3.8) is 0 Å². The van der Waals surface area contributed by atoms with Gasteiger partial charge in [-0.2, -0.15) is 0 Å². The highest BCUT2D eigenvalue weighted by Gasteiger charge is 2.37. The van der Waals surface area contributed by atoms with Crippen LogP contribution in [0.4, 0.5) is 5.69 Å². The van der Waals surface area contributed by atoms with Crippen LogP contribution in [0.5, 0.6) is 0 Å². The lowest BCUT2D eigenvalue weighted by Crippen LogP contribution is -2.37. The first-order chi connectivity index (χ1) is 11.5. The number of likely N-dealkylation sites (tertiary alicyclic amines) is 1. The topological polar surface area (TPSA) is 49.4 Å². The third kappa shape index (κ3) is 4.22. The van der Waals surface area contributed by atoms with E-state index in [0.717, 1.165) is 12.8 Å². The Bertz CT molecular complexity index is 607. The summed E-state index contributed by atoms with van der Waals surface area (Å²) >= 11 is 11.9. The summed E-state index contributed by atoms with van der Waals surface area (Å²) in [6.45, 7) is 0.517. The van der Waals surface area contributed by atoms with Crippen LogP contribution in [0.2, 0.25) is 10.0 Å². The van der Waals surface area contributed by atoms with Gasteiger partial charge in [-0.3, -0.25) is 9.59 Å². The van der Waals surface area contributed by atoms with Gasteiger partial charge in [0.05, 0.1) is 5.92 Å². The maximum Gasteiger partial charge on any atom is 0.229 e. The second-order valence-electron chi connectivity index (χ2n) is 6.74. The van der Waals surface area contributed by atoms with Crippen LogP contribution in [0, 0.1) is 5.92 Å². The highest BCUT2D eigenvalue weighted by molar-refractivity contribution is 6.35. The summed E-state index contributed by atoms with van der Waals surface area (Å²) in [6, 6.07) is 5.24. The lowest BCUT2D eigenvalue weighted by atomic mass is 10.1. The predicted octanol–water partition coefficient (Wildman–Crippen LogP) is 4.50. The molecule has 1 aromatic carbocycles. The number of benzene rings is 1. The molecule has 1 saturated heterocycles. The Balaban J connectivity index is 1.63. The van der Waals surface area contributed by atoms with Crippen molar-refractivity contribution in [3.05, 3.63) is 28.2 Å². The molecular formula is C18H22Cl2N2O2. The van der Waals surface area contributed by atoms with E-state index in [0.29, 0.717) is 28.3 Å². The van der Waals surface area contributed by atoms with Gasteiger partial charge >= 0.3 is 0 Å². The van der Waals surface area contributed by atoms with Crippen molar-refractivity contribution in [1.29, 1.82) is 0 Å². The minimum atomic E-state index is -0.307. The molecule has 24 heavy (non-hydrogen) atoms. The fourth-order valence-corrected chi connectivity index (χ4v) is 4.23. The molecule has 1 aliphatic heterocycles. The van der Waals surface area contributed by atoms with Crippen LogP contribution in [-0.4, -0.2) is 29.3 Å². The van der Waals surface area contributed by atoms with Crippen LogP contribution >= 0.6 is 23.2 Å². The first-order valence-electron chi connectivity index (χ1n) is 8.59. The average Bonchev–Trinajstić information content (AvgIpc) is 2.72. The van der Waals surface area contributed by atoms with Crippen LogP contribution in [0.25, 0.3) is 0 Å². The van der Waals surface area contributed by atoms with E-state index in [4.69, 9.17) is 23.2 Å². The van der Waals surface area contributed by atoms with Gasteiger partial charge in [0.15, 0.2) is 0 Å². The summed E-state index contributed by atoms with van der Waals surface area (Å²) in [6.07, 6.45) is 7.25. The fourth-order valence-electron chi connectivity index (χ4n) is 3.70. The molecule has 6 heteroatoms. The molecule has 1 heterocycles. The van der Waals surface area contributed by atoms with Crippen molar-refractivity contribution in [2.24, 2.45) is 5.92 Å². The molecule has 1 aromatic rings. The summed E-state index contributed by atoms with van der Waals surface area (Å²) in [5.41, 5.74) is 0.567. The van der Waals surface area contributed by atoms with Gasteiger partial charge in [-0.1, -0.05) is 48.9 Å². The lowest BCUT2D eigenvalue weighted by Gasteiger charge is -2.27. The van der Waals surface area contributed by atoms with Crippen molar-refractivity contribution >= 4 is 40.7 Å². The quantitative estimate of drug-likeness (QED) is 0.798. The molecule has 0 spiro atoms. The summed E-state index contributed by atoms with van der Waals surface area (Å²) in [5.74, 6) is -0.345. The summed E-state index contributed by atoms with van der Waals surface area (Å²) < 4.78 is 0. The Hall–Kier alpha value is -1.26. The Morgan fingerprint density at radius 2 is 1.67 bits per heavy atom. The molecule has 2 fully saturated rings. The number of nitrogens with one attached hydrogen (secondary N) is 1. The molecule has 0 aromatic heterocycles. The number of carbonyl (C=O) groups is 2. The molecule has 0 radical (unpaired) electrons. The van der Waals surface area contributed by atoms with Gasteiger partial charge in [-0.15, -0.1) is 0 Å². The molecule has 2 aliphatic rings. The van der Waals surface area contributed by atoms with Gasteiger partial charge in [0.2, 0.25) is 11.8 Å². The number of anilines is 1. The molecule has 1 atom stereocenters. The van der Waals surface area contributed by atoms with E-state index >= 15 is 0 Å². The minimum Gasteiger partial charge on any atom is -0.339 e. The third-order valence-electron chi connectivity index (χ3n) is 4.92. The second kappa shape index (κ2) is 7.75. The zero-order chi connectivity index (χ0) is 17.1. The summed E-state index contributed by atoms with van der Waals surface area (Å²) in [4.78, 5) is 26.8. The molecule has 1 saturated carbocycles. The van der Waals surface area contributed by atoms with Crippen molar-refractivity contribution < 1.29 is 9.59 Å². The standard InChI is InChI=1S/C18H22Cl2N2O2/c19-13-8-14(20)10-15(9-13)21-18(24)12-7-17(23)22(11-12)16-5-3-1-2-4-6-16/h8-10,12,16H,1-7,11H2,(H,21,24). The zero-order valence-electron chi connectivity index (χ0n) is 13.6.